The summed E-state index contributed by atoms with van der Waals surface area (Å²) >= 11 is 1.44. The highest BCUT2D eigenvalue weighted by Crippen LogP contribution is 2.31. The molecule has 0 saturated heterocycles. The molecular formula is C20H26N2O3S. The van der Waals surface area contributed by atoms with E-state index in [1.54, 1.807) is 0 Å². The molecule has 1 aromatic carbocycles. The van der Waals surface area contributed by atoms with Crippen molar-refractivity contribution in [2.45, 2.75) is 59.0 Å². The molecule has 0 unspecified atom stereocenters. The molecule has 140 valence electrons. The monoisotopic (exact) mass is 374 g/mol. The number of nitrogens with one attached hydrogen (secondary N) is 1. The van der Waals surface area contributed by atoms with Crippen molar-refractivity contribution in [1.82, 2.24) is 4.98 Å². The SMILES string of the molecule is Cc1ccc2nc(NC(=O)CCC(=O)O[C@H]3CC[C@@H](C)[C@H](C)C3)sc2c1. The largest absolute Gasteiger partial charge is 0.462 e. The van der Waals surface area contributed by atoms with Crippen LogP contribution in [0.2, 0.25) is 0 Å². The lowest BCUT2D eigenvalue weighted by molar-refractivity contribution is -0.152. The second kappa shape index (κ2) is 8.16. The molecule has 1 heterocycles. The number of aromatic nitrogens is 1. The van der Waals surface area contributed by atoms with Crippen molar-refractivity contribution in [3.8, 4) is 0 Å². The van der Waals surface area contributed by atoms with Gasteiger partial charge in [-0.1, -0.05) is 31.3 Å². The van der Waals surface area contributed by atoms with Gasteiger partial charge >= 0.3 is 5.97 Å². The Bertz CT molecular complexity index is 801. The van der Waals surface area contributed by atoms with Gasteiger partial charge in [-0.3, -0.25) is 9.59 Å². The summed E-state index contributed by atoms with van der Waals surface area (Å²) in [7, 11) is 0. The molecule has 0 bridgehead atoms. The van der Waals surface area contributed by atoms with Crippen LogP contribution in [0.15, 0.2) is 18.2 Å². The smallest absolute Gasteiger partial charge is 0.306 e. The molecule has 2 aromatic rings. The molecule has 0 aliphatic heterocycles. The van der Waals surface area contributed by atoms with Crippen molar-refractivity contribution in [3.63, 3.8) is 0 Å². The summed E-state index contributed by atoms with van der Waals surface area (Å²) in [5.41, 5.74) is 2.03. The summed E-state index contributed by atoms with van der Waals surface area (Å²) < 4.78 is 6.58. The summed E-state index contributed by atoms with van der Waals surface area (Å²) in [6.07, 6.45) is 3.17. The minimum Gasteiger partial charge on any atom is -0.462 e. The Labute approximate surface area is 158 Å². The van der Waals surface area contributed by atoms with E-state index >= 15 is 0 Å². The molecule has 1 aromatic heterocycles. The highest BCUT2D eigenvalue weighted by atomic mass is 32.1. The summed E-state index contributed by atoms with van der Waals surface area (Å²) in [6.45, 7) is 6.48. The first-order chi connectivity index (χ1) is 12.4. The van der Waals surface area contributed by atoms with Crippen molar-refractivity contribution in [1.29, 1.82) is 0 Å². The van der Waals surface area contributed by atoms with Gasteiger partial charge in [-0.25, -0.2) is 4.98 Å². The van der Waals surface area contributed by atoms with Gasteiger partial charge in [-0.15, -0.1) is 0 Å². The van der Waals surface area contributed by atoms with Crippen molar-refractivity contribution in [3.05, 3.63) is 23.8 Å². The molecule has 6 heteroatoms. The van der Waals surface area contributed by atoms with Gasteiger partial charge in [0.05, 0.1) is 16.6 Å². The number of rotatable bonds is 5. The van der Waals surface area contributed by atoms with Crippen molar-refractivity contribution in [2.24, 2.45) is 11.8 Å². The number of benzene rings is 1. The molecule has 0 radical (unpaired) electrons. The molecule has 1 N–H and O–H groups in total. The average molecular weight is 375 g/mol. The lowest BCUT2D eigenvalue weighted by Crippen LogP contribution is -2.29. The van der Waals surface area contributed by atoms with E-state index in [1.807, 2.05) is 25.1 Å². The minimum atomic E-state index is -0.285. The maximum absolute atomic E-state index is 12.1. The molecule has 3 rings (SSSR count). The quantitative estimate of drug-likeness (QED) is 0.771. The fourth-order valence-electron chi connectivity index (χ4n) is 3.33. The predicted octanol–water partition coefficient (Wildman–Crippen LogP) is 4.69. The van der Waals surface area contributed by atoms with Gasteiger partial charge in [-0.05, 0) is 55.7 Å². The Kier molecular flexibility index (Phi) is 5.91. The van der Waals surface area contributed by atoms with E-state index in [4.69, 9.17) is 4.74 Å². The van der Waals surface area contributed by atoms with Crippen molar-refractivity contribution < 1.29 is 14.3 Å². The predicted molar refractivity (Wildman–Crippen MR) is 104 cm³/mol. The van der Waals surface area contributed by atoms with Crippen molar-refractivity contribution in [2.75, 3.05) is 5.32 Å². The lowest BCUT2D eigenvalue weighted by Gasteiger charge is -2.31. The maximum Gasteiger partial charge on any atom is 0.306 e. The summed E-state index contributed by atoms with van der Waals surface area (Å²) in [5, 5.41) is 3.35. The Hall–Kier alpha value is -1.95. The van der Waals surface area contributed by atoms with Crippen LogP contribution in [0.3, 0.4) is 0 Å². The van der Waals surface area contributed by atoms with Crippen LogP contribution in [0, 0.1) is 18.8 Å². The zero-order chi connectivity index (χ0) is 18.7. The van der Waals surface area contributed by atoms with Crippen LogP contribution in [-0.4, -0.2) is 23.0 Å². The number of nitrogens with zero attached hydrogens (tertiary/aromatic N) is 1. The van der Waals surface area contributed by atoms with Crippen LogP contribution in [-0.2, 0) is 14.3 Å². The van der Waals surface area contributed by atoms with Gasteiger partial charge < -0.3 is 10.1 Å². The van der Waals surface area contributed by atoms with E-state index in [1.165, 1.54) is 11.3 Å². The standard InChI is InChI=1S/C20H26N2O3S/c1-12-4-7-16-17(10-12)26-20(21-16)22-18(23)8-9-19(24)25-15-6-5-13(2)14(3)11-15/h4,7,10,13-15H,5-6,8-9,11H2,1-3H3,(H,21,22,23)/t13-,14-,15+/m1/s1. The van der Waals surface area contributed by atoms with Crippen LogP contribution in [0.4, 0.5) is 5.13 Å². The Morgan fingerprint density at radius 3 is 2.81 bits per heavy atom. The van der Waals surface area contributed by atoms with Gasteiger partial charge in [0.15, 0.2) is 5.13 Å². The normalized spacial score (nSPS) is 23.0. The number of aryl methyl sites for hydroxylation is 1. The number of hydrogen-bond donors (Lipinski definition) is 1. The first-order valence-electron chi connectivity index (χ1n) is 9.27. The Balaban J connectivity index is 1.45. The first kappa shape index (κ1) is 18.8. The van der Waals surface area contributed by atoms with E-state index in [0.29, 0.717) is 17.0 Å². The molecular weight excluding hydrogens is 348 g/mol. The molecule has 26 heavy (non-hydrogen) atoms. The highest BCUT2D eigenvalue weighted by molar-refractivity contribution is 7.22. The minimum absolute atomic E-state index is 0.00395. The molecule has 1 amide bonds. The van der Waals surface area contributed by atoms with E-state index in [9.17, 15) is 9.59 Å². The van der Waals surface area contributed by atoms with Gasteiger partial charge in [0, 0.05) is 6.42 Å². The van der Waals surface area contributed by atoms with E-state index in [2.05, 4.69) is 24.1 Å². The van der Waals surface area contributed by atoms with E-state index in [-0.39, 0.29) is 30.8 Å². The Morgan fingerprint density at radius 1 is 1.23 bits per heavy atom. The van der Waals surface area contributed by atoms with Gasteiger partial charge in [0.2, 0.25) is 5.91 Å². The van der Waals surface area contributed by atoms with E-state index < -0.39 is 0 Å². The number of fused-ring (bicyclic) bond motifs is 1. The summed E-state index contributed by atoms with van der Waals surface area (Å²) in [4.78, 5) is 28.5. The number of esters is 1. The third kappa shape index (κ3) is 4.81. The van der Waals surface area contributed by atoms with Crippen LogP contribution in [0.5, 0.6) is 0 Å². The molecule has 1 aliphatic carbocycles. The molecule has 1 aliphatic rings. The molecule has 1 saturated carbocycles. The number of anilines is 1. The fraction of sp³-hybridized carbons (Fsp3) is 0.550. The summed E-state index contributed by atoms with van der Waals surface area (Å²) in [6, 6.07) is 5.99. The highest BCUT2D eigenvalue weighted by Gasteiger charge is 2.27. The van der Waals surface area contributed by atoms with Gasteiger partial charge in [0.1, 0.15) is 6.10 Å². The van der Waals surface area contributed by atoms with Crippen LogP contribution in [0.1, 0.15) is 51.5 Å². The molecule has 5 nitrogen and oxygen atoms in total. The Morgan fingerprint density at radius 2 is 2.04 bits per heavy atom. The first-order valence-corrected chi connectivity index (χ1v) is 10.1. The third-order valence-electron chi connectivity index (χ3n) is 5.19. The van der Waals surface area contributed by atoms with E-state index in [0.717, 1.165) is 35.0 Å². The number of carbonyl (C=O) groups is 2. The zero-order valence-corrected chi connectivity index (χ0v) is 16.4. The zero-order valence-electron chi connectivity index (χ0n) is 15.6. The topological polar surface area (TPSA) is 68.3 Å². The number of amides is 1. The summed E-state index contributed by atoms with van der Waals surface area (Å²) in [5.74, 6) is 0.774. The second-order valence-corrected chi connectivity index (χ2v) is 8.45. The lowest BCUT2D eigenvalue weighted by atomic mass is 9.80. The number of thiazole rings is 1. The molecule has 3 atom stereocenters. The third-order valence-corrected chi connectivity index (χ3v) is 6.13. The van der Waals surface area contributed by atoms with Gasteiger partial charge in [0.25, 0.3) is 0 Å². The second-order valence-electron chi connectivity index (χ2n) is 7.42. The van der Waals surface area contributed by atoms with Gasteiger partial charge in [-0.2, -0.15) is 0 Å². The molecule has 1 fully saturated rings. The number of carbonyl (C=O) groups excluding carboxylic acids is 2. The molecule has 0 spiro atoms. The average Bonchev–Trinajstić information content (AvgIpc) is 2.97. The van der Waals surface area contributed by atoms with Crippen LogP contribution >= 0.6 is 11.3 Å². The number of ether oxygens (including phenoxy) is 1. The fourth-order valence-corrected chi connectivity index (χ4v) is 4.31. The van der Waals surface area contributed by atoms with Crippen LogP contribution in [0.25, 0.3) is 10.2 Å². The van der Waals surface area contributed by atoms with Crippen molar-refractivity contribution >= 4 is 38.6 Å². The number of hydrogen-bond acceptors (Lipinski definition) is 5. The van der Waals surface area contributed by atoms with Crippen LogP contribution < -0.4 is 5.32 Å². The maximum atomic E-state index is 12.1.